The molecule has 0 aromatic carbocycles. The van der Waals surface area contributed by atoms with Crippen LogP contribution < -0.4 is 0 Å². The summed E-state index contributed by atoms with van der Waals surface area (Å²) in [6.07, 6.45) is 14.0. The van der Waals surface area contributed by atoms with Gasteiger partial charge in [-0.15, -0.1) is 0 Å². The van der Waals surface area contributed by atoms with Crippen molar-refractivity contribution in [2.75, 3.05) is 6.61 Å². The molecule has 210 valence electrons. The van der Waals surface area contributed by atoms with E-state index in [-0.39, 0.29) is 50.8 Å². The molecule has 35 heavy (non-hydrogen) atoms. The van der Waals surface area contributed by atoms with E-state index in [1.807, 2.05) is 0 Å². The van der Waals surface area contributed by atoms with E-state index < -0.39 is 24.4 Å². The molecule has 0 rings (SSSR count). The number of hydrogen-bond donors (Lipinski definition) is 5. The Kier molecular flexibility index (Phi) is 23.2. The lowest BCUT2D eigenvalue weighted by molar-refractivity contribution is -0.148. The van der Waals surface area contributed by atoms with Gasteiger partial charge in [-0.1, -0.05) is 84.0 Å². The average Bonchev–Trinajstić information content (AvgIpc) is 2.76. The monoisotopic (exact) mass is 504 g/mol. The van der Waals surface area contributed by atoms with Crippen LogP contribution in [0.1, 0.15) is 136 Å². The highest BCUT2D eigenvalue weighted by atomic mass is 16.5. The van der Waals surface area contributed by atoms with Crippen LogP contribution in [0, 0.1) is 0 Å². The Morgan fingerprint density at radius 3 is 1.43 bits per heavy atom. The van der Waals surface area contributed by atoms with Gasteiger partial charge >= 0.3 is 5.97 Å². The summed E-state index contributed by atoms with van der Waals surface area (Å²) in [5, 5.41) is 48.9. The number of hydrogen-bond acceptors (Lipinski definition) is 7. The van der Waals surface area contributed by atoms with E-state index in [0.717, 1.165) is 12.8 Å². The SMILES string of the molecule is CCCCCCCCCCCCCCC[C@@H](C[C@@H](O)C[C@@H](O)C[C@@H](O)C[C@@H](O)CCO)OC(C)=O. The first-order valence-corrected chi connectivity index (χ1v) is 14.3. The molecule has 0 aliphatic heterocycles. The highest BCUT2D eigenvalue weighted by Gasteiger charge is 2.22. The van der Waals surface area contributed by atoms with Gasteiger partial charge in [-0.3, -0.25) is 4.79 Å². The number of carbonyl (C=O) groups excluding carboxylic acids is 1. The van der Waals surface area contributed by atoms with Crippen molar-refractivity contribution in [1.82, 2.24) is 0 Å². The van der Waals surface area contributed by atoms with Crippen molar-refractivity contribution in [3.63, 3.8) is 0 Å². The maximum Gasteiger partial charge on any atom is 0.302 e. The molecule has 0 fully saturated rings. The molecule has 0 unspecified atom stereocenters. The summed E-state index contributed by atoms with van der Waals surface area (Å²) in [6, 6.07) is 0. The van der Waals surface area contributed by atoms with Crippen LogP contribution in [0.5, 0.6) is 0 Å². The second kappa shape index (κ2) is 23.7. The number of aliphatic hydroxyl groups excluding tert-OH is 5. The van der Waals surface area contributed by atoms with Crippen LogP contribution in [0.3, 0.4) is 0 Å². The van der Waals surface area contributed by atoms with Gasteiger partial charge in [-0.2, -0.15) is 0 Å². The van der Waals surface area contributed by atoms with E-state index in [1.54, 1.807) is 0 Å². The first kappa shape index (κ1) is 34.3. The normalized spacial score (nSPS) is 16.0. The minimum absolute atomic E-state index is 0.0383. The third-order valence-electron chi connectivity index (χ3n) is 6.59. The highest BCUT2D eigenvalue weighted by Crippen LogP contribution is 2.19. The largest absolute Gasteiger partial charge is 0.462 e. The zero-order valence-electron chi connectivity index (χ0n) is 22.6. The molecule has 0 aliphatic carbocycles. The van der Waals surface area contributed by atoms with Crippen LogP contribution in [-0.2, 0) is 9.53 Å². The highest BCUT2D eigenvalue weighted by molar-refractivity contribution is 5.66. The minimum atomic E-state index is -0.921. The second-order valence-corrected chi connectivity index (χ2v) is 10.3. The molecule has 7 nitrogen and oxygen atoms in total. The van der Waals surface area contributed by atoms with E-state index in [1.165, 1.54) is 77.6 Å². The fourth-order valence-corrected chi connectivity index (χ4v) is 4.65. The van der Waals surface area contributed by atoms with Gasteiger partial charge in [-0.05, 0) is 38.5 Å². The van der Waals surface area contributed by atoms with Gasteiger partial charge in [0.1, 0.15) is 6.10 Å². The molecule has 0 amide bonds. The molecule has 5 N–H and O–H groups in total. The molecule has 5 atom stereocenters. The number of carbonyl (C=O) groups is 1. The molecule has 0 heterocycles. The molecule has 7 heteroatoms. The fourth-order valence-electron chi connectivity index (χ4n) is 4.65. The van der Waals surface area contributed by atoms with E-state index in [9.17, 15) is 25.2 Å². The van der Waals surface area contributed by atoms with Gasteiger partial charge in [0.2, 0.25) is 0 Å². The molecule has 0 saturated heterocycles. The Hall–Kier alpha value is -0.730. The van der Waals surface area contributed by atoms with Crippen LogP contribution in [-0.4, -0.2) is 68.6 Å². The van der Waals surface area contributed by atoms with E-state index in [4.69, 9.17) is 9.84 Å². The van der Waals surface area contributed by atoms with E-state index in [0.29, 0.717) is 6.42 Å². The van der Waals surface area contributed by atoms with Gasteiger partial charge < -0.3 is 30.3 Å². The van der Waals surface area contributed by atoms with Crippen LogP contribution in [0.2, 0.25) is 0 Å². The Morgan fingerprint density at radius 2 is 1.00 bits per heavy atom. The van der Waals surface area contributed by atoms with Crippen LogP contribution >= 0.6 is 0 Å². The molecule has 0 radical (unpaired) electrons. The third kappa shape index (κ3) is 23.4. The smallest absolute Gasteiger partial charge is 0.302 e. The third-order valence-corrected chi connectivity index (χ3v) is 6.59. The summed E-state index contributed by atoms with van der Waals surface area (Å²) < 4.78 is 5.38. The Bertz CT molecular complexity index is 474. The summed E-state index contributed by atoms with van der Waals surface area (Å²) in [5.74, 6) is -0.370. The summed E-state index contributed by atoms with van der Waals surface area (Å²) in [7, 11) is 0. The van der Waals surface area contributed by atoms with Gasteiger partial charge in [0.25, 0.3) is 0 Å². The first-order valence-electron chi connectivity index (χ1n) is 14.3. The first-order chi connectivity index (χ1) is 16.8. The number of esters is 1. The Labute approximate surface area is 214 Å². The molecule has 0 bridgehead atoms. The molecule has 0 spiro atoms. The van der Waals surface area contributed by atoms with Crippen LogP contribution in [0.25, 0.3) is 0 Å². The van der Waals surface area contributed by atoms with E-state index in [2.05, 4.69) is 6.92 Å². The molecule has 0 saturated carbocycles. The lowest BCUT2D eigenvalue weighted by Gasteiger charge is -2.23. The van der Waals surface area contributed by atoms with Crippen molar-refractivity contribution in [3.8, 4) is 0 Å². The quantitative estimate of drug-likeness (QED) is 0.0893. The summed E-state index contributed by atoms with van der Waals surface area (Å²) in [4.78, 5) is 11.5. The van der Waals surface area contributed by atoms with Crippen molar-refractivity contribution < 1.29 is 35.1 Å². The van der Waals surface area contributed by atoms with Crippen LogP contribution in [0.15, 0.2) is 0 Å². The lowest BCUT2D eigenvalue weighted by atomic mass is 9.96. The summed E-state index contributed by atoms with van der Waals surface area (Å²) in [6.45, 7) is 3.45. The van der Waals surface area contributed by atoms with Crippen LogP contribution in [0.4, 0.5) is 0 Å². The van der Waals surface area contributed by atoms with Crippen molar-refractivity contribution in [1.29, 1.82) is 0 Å². The second-order valence-electron chi connectivity index (χ2n) is 10.3. The molecule has 0 aromatic heterocycles. The van der Waals surface area contributed by atoms with Gasteiger partial charge in [0.05, 0.1) is 24.4 Å². The summed E-state index contributed by atoms with van der Waals surface area (Å²) in [5.41, 5.74) is 0. The van der Waals surface area contributed by atoms with Gasteiger partial charge in [0.15, 0.2) is 0 Å². The maximum absolute atomic E-state index is 11.5. The molecule has 0 aliphatic rings. The Balaban J connectivity index is 3.98. The van der Waals surface area contributed by atoms with Crippen molar-refractivity contribution in [2.45, 2.75) is 166 Å². The van der Waals surface area contributed by atoms with Crippen molar-refractivity contribution >= 4 is 5.97 Å². The van der Waals surface area contributed by atoms with Crippen molar-refractivity contribution in [3.05, 3.63) is 0 Å². The van der Waals surface area contributed by atoms with E-state index >= 15 is 0 Å². The zero-order valence-corrected chi connectivity index (χ0v) is 22.6. The topological polar surface area (TPSA) is 127 Å². The minimum Gasteiger partial charge on any atom is -0.462 e. The predicted molar refractivity (Wildman–Crippen MR) is 140 cm³/mol. The standard InChI is InChI=1S/C28H56O7/c1-3-4-5-6-7-8-9-10-11-12-13-14-15-16-28(35-23(2)30)22-27(34)21-26(33)20-25(32)19-24(31)17-18-29/h24-29,31-34H,3-22H2,1-2H3/t24-,25-,26-,27-,28-/m0/s1. The van der Waals surface area contributed by atoms with Gasteiger partial charge in [-0.25, -0.2) is 0 Å². The average molecular weight is 505 g/mol. The molecular formula is C28H56O7. The zero-order chi connectivity index (χ0) is 26.3. The van der Waals surface area contributed by atoms with Gasteiger partial charge in [0, 0.05) is 20.0 Å². The maximum atomic E-state index is 11.5. The number of ether oxygens (including phenoxy) is 1. The number of rotatable bonds is 25. The predicted octanol–water partition coefficient (Wildman–Crippen LogP) is 4.79. The fraction of sp³-hybridized carbons (Fsp3) is 0.964. The number of aliphatic hydroxyl groups is 5. The molecule has 0 aromatic rings. The Morgan fingerprint density at radius 1 is 0.600 bits per heavy atom. The van der Waals surface area contributed by atoms with Crippen molar-refractivity contribution in [2.24, 2.45) is 0 Å². The molecular weight excluding hydrogens is 448 g/mol. The lowest BCUT2D eigenvalue weighted by Crippen LogP contribution is -2.29. The summed E-state index contributed by atoms with van der Waals surface area (Å²) >= 11 is 0. The number of unbranched alkanes of at least 4 members (excludes halogenated alkanes) is 12.